The largest absolute Gasteiger partial charge is 0.449 e. The van der Waals surface area contributed by atoms with Crippen molar-refractivity contribution in [3.8, 4) is 11.1 Å². The van der Waals surface area contributed by atoms with Crippen LogP contribution in [-0.2, 0) is 35.3 Å². The molecule has 4 rings (SSSR count). The number of fused-ring (bicyclic) bond motifs is 3. The standard InChI is InChI=1S/C48H65N7O9/c1-31(2)43(42(57)28-35(14-12-24-51-46(49)60)44(58)53-36-21-19-33(20-22-36)29-64-48(62)55(5)26-25-50-4)54-45(59)34(27-32(3)56)13-10-11-23-52-47(61)63-30-41-39-17-8-6-15-37(39)38-16-7-9-18-40(38)41/h6-9,15-22,31,34-35,41,43,50H,10-14,23-30H2,1-5H3,(H,52,61)(H,53,58)(H,54,59)(H3,49,51,60)/t34-,35-,43+/m1/s1. The van der Waals surface area contributed by atoms with Crippen LogP contribution in [-0.4, -0.2) is 99.4 Å². The van der Waals surface area contributed by atoms with Crippen molar-refractivity contribution in [3.63, 3.8) is 0 Å². The van der Waals surface area contributed by atoms with E-state index in [2.05, 4.69) is 50.8 Å². The highest BCUT2D eigenvalue weighted by molar-refractivity contribution is 5.98. The number of likely N-dealkylation sites (N-methyl/N-ethyl adjacent to an activating group) is 2. The van der Waals surface area contributed by atoms with Crippen LogP contribution in [0.1, 0.15) is 88.3 Å². The van der Waals surface area contributed by atoms with Gasteiger partial charge < -0.3 is 51.5 Å². The zero-order chi connectivity index (χ0) is 46.6. The topological polar surface area (TPSA) is 227 Å². The first-order valence-electron chi connectivity index (χ1n) is 22.0. The number of amides is 6. The van der Waals surface area contributed by atoms with Crippen LogP contribution in [0, 0.1) is 17.8 Å². The average Bonchev–Trinajstić information content (AvgIpc) is 3.59. The van der Waals surface area contributed by atoms with Crippen molar-refractivity contribution in [2.45, 2.75) is 84.3 Å². The number of benzene rings is 3. The molecule has 0 radical (unpaired) electrons. The molecule has 346 valence electrons. The van der Waals surface area contributed by atoms with E-state index in [4.69, 9.17) is 15.2 Å². The lowest BCUT2D eigenvalue weighted by Crippen LogP contribution is -2.48. The fourth-order valence-electron chi connectivity index (χ4n) is 7.73. The number of ketones is 2. The Labute approximate surface area is 376 Å². The number of urea groups is 1. The van der Waals surface area contributed by atoms with Gasteiger partial charge in [-0.1, -0.05) is 80.9 Å². The average molecular weight is 884 g/mol. The molecule has 0 saturated carbocycles. The molecule has 7 N–H and O–H groups in total. The first kappa shape index (κ1) is 50.4. The lowest BCUT2D eigenvalue weighted by atomic mass is 9.88. The third kappa shape index (κ3) is 15.8. The second kappa shape index (κ2) is 25.7. The molecule has 3 atom stereocenters. The molecule has 1 aliphatic carbocycles. The molecule has 0 aliphatic heterocycles. The molecule has 0 aromatic heterocycles. The van der Waals surface area contributed by atoms with Crippen LogP contribution in [0.15, 0.2) is 72.8 Å². The summed E-state index contributed by atoms with van der Waals surface area (Å²) >= 11 is 0. The number of hydrogen-bond donors (Lipinski definition) is 6. The maximum Gasteiger partial charge on any atom is 0.409 e. The normalized spacial score (nSPS) is 13.1. The molecule has 0 unspecified atom stereocenters. The monoisotopic (exact) mass is 883 g/mol. The first-order chi connectivity index (χ1) is 30.7. The number of carbonyl (C=O) groups excluding carboxylic acids is 7. The van der Waals surface area contributed by atoms with Gasteiger partial charge >= 0.3 is 18.2 Å². The van der Waals surface area contributed by atoms with Crippen molar-refractivity contribution in [3.05, 3.63) is 89.5 Å². The van der Waals surface area contributed by atoms with Gasteiger partial charge in [-0.05, 0) is 85.5 Å². The van der Waals surface area contributed by atoms with E-state index in [0.717, 1.165) is 22.3 Å². The van der Waals surface area contributed by atoms with Crippen molar-refractivity contribution >= 4 is 47.3 Å². The molecular formula is C48H65N7O9. The van der Waals surface area contributed by atoms with Crippen LogP contribution in [0.5, 0.6) is 0 Å². The number of primary amides is 1. The molecule has 0 fully saturated rings. The molecule has 0 bridgehead atoms. The summed E-state index contributed by atoms with van der Waals surface area (Å²) in [5.74, 6) is -3.29. The summed E-state index contributed by atoms with van der Waals surface area (Å²) in [6.45, 7) is 6.85. The van der Waals surface area contributed by atoms with E-state index in [0.29, 0.717) is 56.6 Å². The number of rotatable bonds is 26. The van der Waals surface area contributed by atoms with Gasteiger partial charge in [0.15, 0.2) is 5.78 Å². The molecule has 0 saturated heterocycles. The summed E-state index contributed by atoms with van der Waals surface area (Å²) < 4.78 is 11.0. The Kier molecular flexibility index (Phi) is 20.2. The Balaban J connectivity index is 1.29. The van der Waals surface area contributed by atoms with Crippen LogP contribution in [0.4, 0.5) is 20.1 Å². The number of hydrogen-bond acceptors (Lipinski definition) is 10. The Morgan fingerprint density at radius 2 is 1.34 bits per heavy atom. The minimum atomic E-state index is -0.935. The zero-order valence-corrected chi connectivity index (χ0v) is 37.7. The van der Waals surface area contributed by atoms with E-state index in [1.807, 2.05) is 24.3 Å². The van der Waals surface area contributed by atoms with Gasteiger partial charge in [0.2, 0.25) is 11.8 Å². The summed E-state index contributed by atoms with van der Waals surface area (Å²) in [5, 5.41) is 14.0. The lowest BCUT2D eigenvalue weighted by molar-refractivity contribution is -0.134. The van der Waals surface area contributed by atoms with E-state index in [1.54, 1.807) is 52.2 Å². The second-order valence-electron chi connectivity index (χ2n) is 16.6. The predicted molar refractivity (Wildman–Crippen MR) is 244 cm³/mol. The van der Waals surface area contributed by atoms with Gasteiger partial charge in [0.05, 0.1) is 6.04 Å². The molecule has 6 amide bonds. The smallest absolute Gasteiger partial charge is 0.409 e. The van der Waals surface area contributed by atoms with Gasteiger partial charge in [0.25, 0.3) is 0 Å². The second-order valence-corrected chi connectivity index (χ2v) is 16.6. The zero-order valence-electron chi connectivity index (χ0n) is 37.7. The SMILES string of the molecule is CNCCN(C)C(=O)OCc1ccc(NC(=O)[C@H](CCCNC(N)=O)CC(=O)[C@@H](NC(=O)[C@H](CCCCNC(=O)OCC2c3ccccc3-c3ccccc32)CC(C)=O)C(C)C)cc1. The van der Waals surface area contributed by atoms with Crippen LogP contribution in [0.25, 0.3) is 11.1 Å². The van der Waals surface area contributed by atoms with Crippen LogP contribution < -0.4 is 32.3 Å². The highest BCUT2D eigenvalue weighted by Gasteiger charge is 2.32. The van der Waals surface area contributed by atoms with E-state index < -0.39 is 47.9 Å². The van der Waals surface area contributed by atoms with E-state index in [-0.39, 0.29) is 62.4 Å². The van der Waals surface area contributed by atoms with Crippen LogP contribution >= 0.6 is 0 Å². The van der Waals surface area contributed by atoms with Crippen molar-refractivity contribution < 1.29 is 43.0 Å². The summed E-state index contributed by atoms with van der Waals surface area (Å²) in [6, 6.07) is 21.3. The maximum atomic E-state index is 13.9. The molecule has 64 heavy (non-hydrogen) atoms. The number of Topliss-reactive ketones (excluding diaryl/α,β-unsaturated/α-hetero) is 2. The Morgan fingerprint density at radius 1 is 0.734 bits per heavy atom. The molecule has 16 heteroatoms. The Hall–Kier alpha value is -6.29. The minimum absolute atomic E-state index is 0.0164. The van der Waals surface area contributed by atoms with Gasteiger partial charge in [0, 0.05) is 69.5 Å². The molecule has 16 nitrogen and oxygen atoms in total. The number of nitrogens with one attached hydrogen (secondary N) is 5. The van der Waals surface area contributed by atoms with Gasteiger partial charge in [-0.2, -0.15) is 0 Å². The minimum Gasteiger partial charge on any atom is -0.449 e. The summed E-state index contributed by atoms with van der Waals surface area (Å²) in [7, 11) is 3.44. The molecule has 0 spiro atoms. The quantitative estimate of drug-likeness (QED) is 0.0525. The lowest BCUT2D eigenvalue weighted by Gasteiger charge is -2.26. The number of ether oxygens (including phenoxy) is 2. The maximum absolute atomic E-state index is 13.9. The summed E-state index contributed by atoms with van der Waals surface area (Å²) in [5.41, 5.74) is 10.9. The van der Waals surface area contributed by atoms with Crippen molar-refractivity contribution in [2.75, 3.05) is 52.2 Å². The Bertz CT molecular complexity index is 2010. The molecule has 3 aromatic carbocycles. The fraction of sp³-hybridized carbons (Fsp3) is 0.479. The number of nitrogens with zero attached hydrogens (tertiary/aromatic N) is 1. The fourth-order valence-corrected chi connectivity index (χ4v) is 7.73. The van der Waals surface area contributed by atoms with Crippen molar-refractivity contribution in [2.24, 2.45) is 23.5 Å². The predicted octanol–water partition coefficient (Wildman–Crippen LogP) is 5.88. The summed E-state index contributed by atoms with van der Waals surface area (Å²) in [4.78, 5) is 91.3. The number of nitrogens with two attached hydrogens (primary N) is 1. The number of anilines is 1. The molecule has 1 aliphatic rings. The number of carbonyl (C=O) groups is 7. The van der Waals surface area contributed by atoms with Crippen molar-refractivity contribution in [1.82, 2.24) is 26.2 Å². The molecule has 0 heterocycles. The third-order valence-corrected chi connectivity index (χ3v) is 11.2. The highest BCUT2D eigenvalue weighted by atomic mass is 16.6. The Morgan fingerprint density at radius 3 is 1.95 bits per heavy atom. The van der Waals surface area contributed by atoms with E-state index >= 15 is 0 Å². The van der Waals surface area contributed by atoms with Crippen LogP contribution in [0.3, 0.4) is 0 Å². The summed E-state index contributed by atoms with van der Waals surface area (Å²) in [6.07, 6.45) is 0.795. The van der Waals surface area contributed by atoms with Gasteiger partial charge in [-0.25, -0.2) is 14.4 Å². The van der Waals surface area contributed by atoms with E-state index in [9.17, 15) is 33.6 Å². The highest BCUT2D eigenvalue weighted by Crippen LogP contribution is 2.44. The van der Waals surface area contributed by atoms with Crippen LogP contribution in [0.2, 0.25) is 0 Å². The molecule has 3 aromatic rings. The third-order valence-electron chi connectivity index (χ3n) is 11.2. The molecular weight excluding hydrogens is 819 g/mol. The van der Waals surface area contributed by atoms with Gasteiger partial charge in [-0.15, -0.1) is 0 Å². The number of alkyl carbamates (subject to hydrolysis) is 1. The van der Waals surface area contributed by atoms with Crippen molar-refractivity contribution in [1.29, 1.82) is 0 Å². The van der Waals surface area contributed by atoms with Gasteiger partial charge in [-0.3, -0.25) is 14.4 Å². The number of unbranched alkanes of at least 4 members (excludes halogenated alkanes) is 1. The van der Waals surface area contributed by atoms with Gasteiger partial charge in [0.1, 0.15) is 19.0 Å². The first-order valence-corrected chi connectivity index (χ1v) is 22.0. The van der Waals surface area contributed by atoms with E-state index in [1.165, 1.54) is 11.8 Å².